The molecule has 7 unspecified atom stereocenters. The molecule has 47 heavy (non-hydrogen) atoms. The van der Waals surface area contributed by atoms with E-state index in [1.54, 1.807) is 12.1 Å². The number of esters is 2. The Hall–Kier alpha value is -4.10. The molecule has 4 bridgehead atoms. The smallest absolute Gasteiger partial charge is 0.316 e. The van der Waals surface area contributed by atoms with Gasteiger partial charge in [-0.2, -0.15) is 16.8 Å². The Morgan fingerprint density at radius 2 is 1.38 bits per heavy atom. The van der Waals surface area contributed by atoms with Gasteiger partial charge in [0.05, 0.1) is 11.8 Å². The first-order valence-corrected chi connectivity index (χ1v) is 18.5. The molecule has 1 heterocycles. The molecule has 10 nitrogen and oxygen atoms in total. The molecule has 4 aromatic rings. The topological polar surface area (TPSA) is 150 Å². The van der Waals surface area contributed by atoms with Crippen LogP contribution in [0.4, 0.5) is 0 Å². The Kier molecular flexibility index (Phi) is 6.16. The predicted octanol–water partition coefficient (Wildman–Crippen LogP) is 4.56. The average Bonchev–Trinajstić information content (AvgIpc) is 3.67. The SMILES string of the molecule is O=C(OC1C2CC3C1OS(=O)(=O)C3C2C(=O)Oc1ccc(S(=O)(=O)O)c2ccccc12)C1CC2c3ccccc3C1c1ccccc12. The molecule has 3 fully saturated rings. The van der Waals surface area contributed by atoms with Crippen molar-refractivity contribution in [2.45, 2.75) is 47.0 Å². The first-order valence-electron chi connectivity index (χ1n) is 15.5. The van der Waals surface area contributed by atoms with Crippen LogP contribution in [0.25, 0.3) is 10.8 Å². The normalized spacial score (nSPS) is 32.1. The number of ether oxygens (including phenoxy) is 2. The van der Waals surface area contributed by atoms with Crippen molar-refractivity contribution < 1.29 is 44.6 Å². The van der Waals surface area contributed by atoms with Gasteiger partial charge in [0.2, 0.25) is 0 Å². The minimum absolute atomic E-state index is 0.0118. The van der Waals surface area contributed by atoms with E-state index in [0.717, 1.165) is 17.2 Å². The number of benzene rings is 4. The molecule has 0 radical (unpaired) electrons. The first kappa shape index (κ1) is 29.1. The first-order chi connectivity index (χ1) is 22.5. The van der Waals surface area contributed by atoms with Crippen LogP contribution in [-0.2, 0) is 38.7 Å². The molecule has 2 saturated carbocycles. The fourth-order valence-corrected chi connectivity index (χ4v) is 12.0. The van der Waals surface area contributed by atoms with E-state index in [1.807, 2.05) is 24.3 Å². The second-order valence-electron chi connectivity index (χ2n) is 13.1. The maximum atomic E-state index is 14.1. The van der Waals surface area contributed by atoms with Crippen LogP contribution in [0.3, 0.4) is 0 Å². The molecule has 6 aliphatic rings. The van der Waals surface area contributed by atoms with E-state index >= 15 is 0 Å². The molecule has 0 amide bonds. The van der Waals surface area contributed by atoms with E-state index in [1.165, 1.54) is 29.3 Å². The molecule has 12 heteroatoms. The third-order valence-corrected chi connectivity index (χ3v) is 13.7. The van der Waals surface area contributed by atoms with E-state index < -0.39 is 73.3 Å². The van der Waals surface area contributed by atoms with Crippen LogP contribution < -0.4 is 4.74 Å². The predicted molar refractivity (Wildman–Crippen MR) is 167 cm³/mol. The molecule has 240 valence electrons. The average molecular weight is 673 g/mol. The van der Waals surface area contributed by atoms with Crippen molar-refractivity contribution in [3.05, 3.63) is 107 Å². The molecular formula is C35H28O10S2. The highest BCUT2D eigenvalue weighted by Crippen LogP contribution is 2.60. The number of hydrogen-bond acceptors (Lipinski definition) is 9. The maximum absolute atomic E-state index is 14.1. The largest absolute Gasteiger partial charge is 0.459 e. The standard InChI is InChI=1S/C35H28O10S2/c36-34(25-15-23-17-7-1-5-11-21(17)29(25)22-12-6-2-8-18(22)23)44-31-24-16-26-32(31)45-47(41,42)33(26)30(24)35(37)43-27-13-14-28(46(38,39)40)20-10-4-3-9-19(20)27/h1-14,23-26,29-33H,15-16H2,(H,38,39,40). The molecule has 0 spiro atoms. The van der Waals surface area contributed by atoms with Gasteiger partial charge in [0.25, 0.3) is 20.2 Å². The van der Waals surface area contributed by atoms with E-state index in [4.69, 9.17) is 13.7 Å². The van der Waals surface area contributed by atoms with Crippen LogP contribution in [0.1, 0.15) is 46.9 Å². The van der Waals surface area contributed by atoms with Crippen LogP contribution in [0, 0.1) is 23.7 Å². The Morgan fingerprint density at radius 1 is 0.766 bits per heavy atom. The zero-order valence-electron chi connectivity index (χ0n) is 24.6. The zero-order valence-corrected chi connectivity index (χ0v) is 26.3. The second kappa shape index (κ2) is 9.96. The third-order valence-electron chi connectivity index (χ3n) is 11.0. The summed E-state index contributed by atoms with van der Waals surface area (Å²) in [6.45, 7) is 0. The molecule has 4 aromatic carbocycles. The summed E-state index contributed by atoms with van der Waals surface area (Å²) in [7, 11) is -8.74. The molecule has 7 atom stereocenters. The van der Waals surface area contributed by atoms with Gasteiger partial charge >= 0.3 is 11.9 Å². The summed E-state index contributed by atoms with van der Waals surface area (Å²) in [6, 6.07) is 24.8. The lowest BCUT2D eigenvalue weighted by Crippen LogP contribution is -2.48. The fraction of sp³-hybridized carbons (Fsp3) is 0.314. The summed E-state index contributed by atoms with van der Waals surface area (Å²) in [4.78, 5) is 27.6. The highest BCUT2D eigenvalue weighted by molar-refractivity contribution is 7.87. The van der Waals surface area contributed by atoms with Crippen LogP contribution in [0.2, 0.25) is 0 Å². The summed E-state index contributed by atoms with van der Waals surface area (Å²) < 4.78 is 77.7. The van der Waals surface area contributed by atoms with Gasteiger partial charge in [0.15, 0.2) is 0 Å². The van der Waals surface area contributed by atoms with Gasteiger partial charge in [-0.1, -0.05) is 72.8 Å². The number of rotatable bonds is 5. The number of carbonyl (C=O) groups excluding carboxylic acids is 2. The van der Waals surface area contributed by atoms with Crippen molar-refractivity contribution in [3.8, 4) is 5.75 Å². The molecule has 0 aromatic heterocycles. The monoisotopic (exact) mass is 672 g/mol. The minimum atomic E-state index is -4.57. The lowest BCUT2D eigenvalue weighted by molar-refractivity contribution is -0.166. The van der Waals surface area contributed by atoms with Crippen LogP contribution >= 0.6 is 0 Å². The minimum Gasteiger partial charge on any atom is -0.459 e. The summed E-state index contributed by atoms with van der Waals surface area (Å²) in [5, 5.41) is -0.756. The lowest BCUT2D eigenvalue weighted by atomic mass is 9.59. The van der Waals surface area contributed by atoms with Gasteiger partial charge in [-0.05, 0) is 47.2 Å². The molecule has 1 aliphatic heterocycles. The van der Waals surface area contributed by atoms with Crippen molar-refractivity contribution in [2.75, 3.05) is 0 Å². The van der Waals surface area contributed by atoms with Gasteiger partial charge < -0.3 is 9.47 Å². The number of fused-ring (bicyclic) bond motifs is 3. The Labute approximate surface area is 270 Å². The van der Waals surface area contributed by atoms with Gasteiger partial charge in [-0.3, -0.25) is 18.3 Å². The Morgan fingerprint density at radius 3 is 2.04 bits per heavy atom. The highest BCUT2D eigenvalue weighted by Gasteiger charge is 2.72. The molecule has 1 saturated heterocycles. The molecule has 5 aliphatic carbocycles. The molecular weight excluding hydrogens is 645 g/mol. The quantitative estimate of drug-likeness (QED) is 0.138. The van der Waals surface area contributed by atoms with E-state index in [2.05, 4.69) is 24.3 Å². The van der Waals surface area contributed by atoms with Crippen LogP contribution in [0.5, 0.6) is 5.75 Å². The summed E-state index contributed by atoms with van der Waals surface area (Å²) in [5.41, 5.74) is 4.58. The zero-order chi connectivity index (χ0) is 32.4. The summed E-state index contributed by atoms with van der Waals surface area (Å²) in [6.07, 6.45) is -0.957. The van der Waals surface area contributed by atoms with Crippen molar-refractivity contribution in [2.24, 2.45) is 23.7 Å². The third kappa shape index (κ3) is 4.14. The molecule has 1 N–H and O–H groups in total. The van der Waals surface area contributed by atoms with Crippen molar-refractivity contribution >= 4 is 42.9 Å². The lowest BCUT2D eigenvalue weighted by Gasteiger charge is -2.45. The number of carbonyl (C=O) groups is 2. The van der Waals surface area contributed by atoms with Gasteiger partial charge in [0, 0.05) is 34.4 Å². The van der Waals surface area contributed by atoms with Crippen molar-refractivity contribution in [3.63, 3.8) is 0 Å². The van der Waals surface area contributed by atoms with E-state index in [-0.39, 0.29) is 33.3 Å². The summed E-state index contributed by atoms with van der Waals surface area (Å²) in [5.74, 6) is -4.28. The molecule has 10 rings (SSSR count). The number of hydrogen-bond donors (Lipinski definition) is 1. The van der Waals surface area contributed by atoms with Gasteiger partial charge in [-0.15, -0.1) is 0 Å². The maximum Gasteiger partial charge on any atom is 0.316 e. The van der Waals surface area contributed by atoms with E-state index in [9.17, 15) is 31.0 Å². The Bertz CT molecular complexity index is 2200. The highest BCUT2D eigenvalue weighted by atomic mass is 32.2. The Balaban J connectivity index is 1.03. The van der Waals surface area contributed by atoms with Gasteiger partial charge in [-0.25, -0.2) is 0 Å². The van der Waals surface area contributed by atoms with Crippen LogP contribution in [0.15, 0.2) is 89.8 Å². The van der Waals surface area contributed by atoms with Crippen molar-refractivity contribution in [1.29, 1.82) is 0 Å². The second-order valence-corrected chi connectivity index (χ2v) is 16.3. The van der Waals surface area contributed by atoms with Crippen molar-refractivity contribution in [1.82, 2.24) is 0 Å². The summed E-state index contributed by atoms with van der Waals surface area (Å²) >= 11 is 0. The fourth-order valence-electron chi connectivity index (χ4n) is 9.28. The van der Waals surface area contributed by atoms with Crippen LogP contribution in [-0.4, -0.2) is 50.8 Å². The van der Waals surface area contributed by atoms with E-state index in [0.29, 0.717) is 12.8 Å². The van der Waals surface area contributed by atoms with Gasteiger partial charge in [0.1, 0.15) is 28.1 Å².